The van der Waals surface area contributed by atoms with Crippen LogP contribution >= 0.6 is 0 Å². The van der Waals surface area contributed by atoms with Gasteiger partial charge in [0, 0.05) is 5.41 Å². The smallest absolute Gasteiger partial charge is 0.326 e. The van der Waals surface area contributed by atoms with Gasteiger partial charge in [-0.15, -0.1) is 0 Å². The fourth-order valence-electron chi connectivity index (χ4n) is 4.07. The van der Waals surface area contributed by atoms with Gasteiger partial charge in [0.1, 0.15) is 17.2 Å². The number of carbonyl (C=O) groups is 2. The standard InChI is InChI=1S/C17H22N4O4/c1-8-11-12(19-9(2)18-8)21(10(3)20-11)13-16(4,5)17(13,14(22)24-6)15(23)25-7/h13H,1-7H3. The summed E-state index contributed by atoms with van der Waals surface area (Å²) in [5.74, 6) is 0.0355. The predicted octanol–water partition coefficient (Wildman–Crippen LogP) is 1.66. The molecule has 1 atom stereocenters. The van der Waals surface area contributed by atoms with E-state index in [-0.39, 0.29) is 0 Å². The maximum Gasteiger partial charge on any atom is 0.326 e. The quantitative estimate of drug-likeness (QED) is 0.616. The number of imidazole rings is 1. The number of ether oxygens (including phenoxy) is 2. The molecule has 134 valence electrons. The third kappa shape index (κ3) is 1.96. The fourth-order valence-corrected chi connectivity index (χ4v) is 4.07. The maximum absolute atomic E-state index is 12.6. The molecule has 1 fully saturated rings. The van der Waals surface area contributed by atoms with E-state index in [1.54, 1.807) is 6.92 Å². The summed E-state index contributed by atoms with van der Waals surface area (Å²) >= 11 is 0. The Morgan fingerprint density at radius 3 is 2.08 bits per heavy atom. The van der Waals surface area contributed by atoms with Crippen LogP contribution < -0.4 is 0 Å². The second kappa shape index (κ2) is 5.24. The molecule has 0 saturated heterocycles. The molecule has 8 heteroatoms. The van der Waals surface area contributed by atoms with E-state index in [4.69, 9.17) is 9.47 Å². The molecule has 0 N–H and O–H groups in total. The lowest BCUT2D eigenvalue weighted by atomic mass is 9.96. The first-order valence-electron chi connectivity index (χ1n) is 8.01. The summed E-state index contributed by atoms with van der Waals surface area (Å²) in [5, 5.41) is 0. The van der Waals surface area contributed by atoms with Crippen LogP contribution in [0.5, 0.6) is 0 Å². The van der Waals surface area contributed by atoms with Crippen molar-refractivity contribution in [1.82, 2.24) is 19.5 Å². The average molecular weight is 346 g/mol. The van der Waals surface area contributed by atoms with Gasteiger partial charge < -0.3 is 14.0 Å². The van der Waals surface area contributed by atoms with Crippen LogP contribution in [0.4, 0.5) is 0 Å². The van der Waals surface area contributed by atoms with Gasteiger partial charge in [-0.05, 0) is 20.8 Å². The normalized spacial score (nSPS) is 20.4. The SMILES string of the molecule is COC(=O)C1(C(=O)OC)C(n2c(C)nc3c(C)nc(C)nc32)C1(C)C. The Morgan fingerprint density at radius 1 is 1.00 bits per heavy atom. The molecule has 0 bridgehead atoms. The molecular weight excluding hydrogens is 324 g/mol. The molecule has 2 heterocycles. The lowest BCUT2D eigenvalue weighted by molar-refractivity contribution is -0.163. The molecule has 3 rings (SSSR count). The summed E-state index contributed by atoms with van der Waals surface area (Å²) in [6, 6.07) is -0.501. The van der Waals surface area contributed by atoms with Crippen LogP contribution in [0.25, 0.3) is 11.2 Å². The van der Waals surface area contributed by atoms with Gasteiger partial charge in [-0.2, -0.15) is 0 Å². The summed E-state index contributed by atoms with van der Waals surface area (Å²) in [6.07, 6.45) is 0. The third-order valence-electron chi connectivity index (χ3n) is 5.30. The molecule has 0 spiro atoms. The lowest BCUT2D eigenvalue weighted by Gasteiger charge is -2.15. The van der Waals surface area contributed by atoms with Gasteiger partial charge in [0.15, 0.2) is 11.1 Å². The number of esters is 2. The highest BCUT2D eigenvalue weighted by atomic mass is 16.5. The summed E-state index contributed by atoms with van der Waals surface area (Å²) < 4.78 is 11.8. The van der Waals surface area contributed by atoms with Crippen LogP contribution in [-0.4, -0.2) is 45.7 Å². The Kier molecular flexibility index (Phi) is 3.63. The number of hydrogen-bond donors (Lipinski definition) is 0. The van der Waals surface area contributed by atoms with Gasteiger partial charge in [-0.3, -0.25) is 9.59 Å². The van der Waals surface area contributed by atoms with Crippen molar-refractivity contribution in [3.05, 3.63) is 17.3 Å². The van der Waals surface area contributed by atoms with Crippen LogP contribution in [-0.2, 0) is 19.1 Å². The molecule has 1 unspecified atom stereocenters. The van der Waals surface area contributed by atoms with Gasteiger partial charge in [0.05, 0.1) is 26.0 Å². The van der Waals surface area contributed by atoms with Crippen molar-refractivity contribution < 1.29 is 19.1 Å². The molecule has 2 aromatic rings. The minimum absolute atomic E-state index is 0.501. The van der Waals surface area contributed by atoms with Crippen LogP contribution in [0.1, 0.15) is 37.2 Å². The van der Waals surface area contributed by atoms with Gasteiger partial charge in [-0.25, -0.2) is 15.0 Å². The number of carbonyl (C=O) groups excluding carboxylic acids is 2. The van der Waals surface area contributed by atoms with Crippen molar-refractivity contribution in [1.29, 1.82) is 0 Å². The Bertz CT molecular complexity index is 884. The van der Waals surface area contributed by atoms with Crippen molar-refractivity contribution in [3.63, 3.8) is 0 Å². The van der Waals surface area contributed by atoms with Crippen molar-refractivity contribution in [3.8, 4) is 0 Å². The number of aryl methyl sites for hydroxylation is 3. The first-order valence-corrected chi connectivity index (χ1v) is 8.01. The monoisotopic (exact) mass is 346 g/mol. The number of rotatable bonds is 3. The van der Waals surface area contributed by atoms with E-state index in [9.17, 15) is 9.59 Å². The Morgan fingerprint density at radius 2 is 1.56 bits per heavy atom. The molecule has 1 saturated carbocycles. The fraction of sp³-hybridized carbons (Fsp3) is 0.588. The van der Waals surface area contributed by atoms with E-state index in [0.717, 1.165) is 5.69 Å². The van der Waals surface area contributed by atoms with Crippen molar-refractivity contribution in [2.75, 3.05) is 14.2 Å². The molecule has 2 aromatic heterocycles. The molecule has 0 aliphatic heterocycles. The highest BCUT2D eigenvalue weighted by molar-refractivity contribution is 6.06. The van der Waals surface area contributed by atoms with E-state index in [2.05, 4.69) is 15.0 Å². The van der Waals surface area contributed by atoms with Crippen molar-refractivity contribution >= 4 is 23.1 Å². The van der Waals surface area contributed by atoms with Gasteiger partial charge in [0.2, 0.25) is 0 Å². The molecule has 1 aliphatic carbocycles. The third-order valence-corrected chi connectivity index (χ3v) is 5.30. The van der Waals surface area contributed by atoms with E-state index in [1.165, 1.54) is 14.2 Å². The first-order chi connectivity index (χ1) is 11.6. The molecular formula is C17H22N4O4. The summed E-state index contributed by atoms with van der Waals surface area (Å²) in [4.78, 5) is 38.6. The van der Waals surface area contributed by atoms with E-state index in [1.807, 2.05) is 32.3 Å². The molecule has 0 amide bonds. The average Bonchev–Trinajstić information content (AvgIpc) is 2.87. The Hall–Kier alpha value is -2.51. The number of methoxy groups -OCH3 is 2. The number of fused-ring (bicyclic) bond motifs is 1. The lowest BCUT2D eigenvalue weighted by Crippen LogP contribution is -2.34. The largest absolute Gasteiger partial charge is 0.468 e. The predicted molar refractivity (Wildman–Crippen MR) is 88.8 cm³/mol. The molecule has 1 aliphatic rings. The Balaban J connectivity index is 2.30. The summed E-state index contributed by atoms with van der Waals surface area (Å²) in [7, 11) is 2.54. The van der Waals surface area contributed by atoms with Crippen LogP contribution in [0.2, 0.25) is 0 Å². The highest BCUT2D eigenvalue weighted by Crippen LogP contribution is 2.73. The van der Waals surface area contributed by atoms with E-state index in [0.29, 0.717) is 22.8 Å². The van der Waals surface area contributed by atoms with Crippen LogP contribution in [0.3, 0.4) is 0 Å². The van der Waals surface area contributed by atoms with Crippen molar-refractivity contribution in [2.24, 2.45) is 10.8 Å². The Labute approximate surface area is 145 Å². The van der Waals surface area contributed by atoms with Gasteiger partial charge in [-0.1, -0.05) is 13.8 Å². The van der Waals surface area contributed by atoms with E-state index >= 15 is 0 Å². The van der Waals surface area contributed by atoms with Crippen molar-refractivity contribution in [2.45, 2.75) is 40.7 Å². The molecule has 25 heavy (non-hydrogen) atoms. The van der Waals surface area contributed by atoms with Crippen LogP contribution in [0, 0.1) is 31.6 Å². The van der Waals surface area contributed by atoms with E-state index < -0.39 is 28.8 Å². The minimum Gasteiger partial charge on any atom is -0.468 e. The molecule has 8 nitrogen and oxygen atoms in total. The first kappa shape index (κ1) is 17.3. The second-order valence-electron chi connectivity index (χ2n) is 6.97. The second-order valence-corrected chi connectivity index (χ2v) is 6.97. The number of nitrogens with zero attached hydrogens (tertiary/aromatic N) is 4. The summed E-state index contributed by atoms with van der Waals surface area (Å²) in [5.41, 5.74) is -0.116. The minimum atomic E-state index is -1.43. The highest BCUT2D eigenvalue weighted by Gasteiger charge is 2.83. The van der Waals surface area contributed by atoms with Gasteiger partial charge >= 0.3 is 11.9 Å². The number of aromatic nitrogens is 4. The summed E-state index contributed by atoms with van der Waals surface area (Å²) in [6.45, 7) is 9.17. The maximum atomic E-state index is 12.6. The zero-order valence-electron chi connectivity index (χ0n) is 15.5. The zero-order chi connectivity index (χ0) is 18.7. The molecule has 0 aromatic carbocycles. The topological polar surface area (TPSA) is 96.2 Å². The number of hydrogen-bond acceptors (Lipinski definition) is 7. The molecule has 0 radical (unpaired) electrons. The zero-order valence-corrected chi connectivity index (χ0v) is 15.5. The van der Waals surface area contributed by atoms with Crippen LogP contribution in [0.15, 0.2) is 0 Å². The van der Waals surface area contributed by atoms with Gasteiger partial charge in [0.25, 0.3) is 0 Å².